The monoisotopic (exact) mass is 249 g/mol. The van der Waals surface area contributed by atoms with Crippen molar-refractivity contribution in [2.24, 2.45) is 5.92 Å². The highest BCUT2D eigenvalue weighted by Crippen LogP contribution is 2.22. The van der Waals surface area contributed by atoms with E-state index < -0.39 is 4.92 Å². The van der Waals surface area contributed by atoms with E-state index in [0.29, 0.717) is 23.6 Å². The Morgan fingerprint density at radius 2 is 2.28 bits per heavy atom. The Bertz CT molecular complexity index is 483. The standard InChI is InChI=1S/C12H15N3O3/c1-8-2-3-10(5-11(8)15(17)18)14-12(16)4-9-6-13-7-9/h2-3,5,9,13H,4,6-7H2,1H3,(H,14,16). The van der Waals surface area contributed by atoms with Crippen LogP contribution in [0.1, 0.15) is 12.0 Å². The van der Waals surface area contributed by atoms with Crippen LogP contribution in [-0.2, 0) is 4.79 Å². The Morgan fingerprint density at radius 1 is 1.56 bits per heavy atom. The average molecular weight is 249 g/mol. The maximum absolute atomic E-state index is 11.7. The van der Waals surface area contributed by atoms with Gasteiger partial charge in [0.15, 0.2) is 0 Å². The highest BCUT2D eigenvalue weighted by Gasteiger charge is 2.20. The SMILES string of the molecule is Cc1ccc(NC(=O)CC2CNC2)cc1[N+](=O)[O-]. The fourth-order valence-corrected chi connectivity index (χ4v) is 1.85. The van der Waals surface area contributed by atoms with Gasteiger partial charge in [-0.05, 0) is 32.0 Å². The number of carbonyl (C=O) groups is 1. The topological polar surface area (TPSA) is 84.3 Å². The van der Waals surface area contributed by atoms with Gasteiger partial charge in [-0.3, -0.25) is 14.9 Å². The van der Waals surface area contributed by atoms with Crippen molar-refractivity contribution < 1.29 is 9.72 Å². The quantitative estimate of drug-likeness (QED) is 0.624. The molecule has 0 unspecified atom stereocenters. The molecule has 1 aromatic rings. The highest BCUT2D eigenvalue weighted by atomic mass is 16.6. The summed E-state index contributed by atoms with van der Waals surface area (Å²) in [5.74, 6) is 0.282. The lowest BCUT2D eigenvalue weighted by atomic mass is 9.99. The Kier molecular flexibility index (Phi) is 3.57. The Hall–Kier alpha value is -1.95. The smallest absolute Gasteiger partial charge is 0.274 e. The van der Waals surface area contributed by atoms with Gasteiger partial charge in [0.1, 0.15) is 0 Å². The van der Waals surface area contributed by atoms with Gasteiger partial charge < -0.3 is 10.6 Å². The van der Waals surface area contributed by atoms with Crippen molar-refractivity contribution in [1.29, 1.82) is 0 Å². The largest absolute Gasteiger partial charge is 0.326 e. The molecule has 0 radical (unpaired) electrons. The summed E-state index contributed by atoms with van der Waals surface area (Å²) in [6.45, 7) is 3.40. The van der Waals surface area contributed by atoms with E-state index in [2.05, 4.69) is 10.6 Å². The molecule has 1 aromatic carbocycles. The third-order valence-corrected chi connectivity index (χ3v) is 3.03. The van der Waals surface area contributed by atoms with Crippen LogP contribution in [-0.4, -0.2) is 23.9 Å². The van der Waals surface area contributed by atoms with Gasteiger partial charge in [-0.2, -0.15) is 0 Å². The summed E-state index contributed by atoms with van der Waals surface area (Å²) in [4.78, 5) is 22.0. The van der Waals surface area contributed by atoms with Crippen molar-refractivity contribution >= 4 is 17.3 Å². The number of anilines is 1. The first-order valence-electron chi connectivity index (χ1n) is 5.82. The molecule has 1 fully saturated rings. The summed E-state index contributed by atoms with van der Waals surface area (Å²) in [7, 11) is 0. The molecule has 96 valence electrons. The fraction of sp³-hybridized carbons (Fsp3) is 0.417. The second kappa shape index (κ2) is 5.14. The van der Waals surface area contributed by atoms with Gasteiger partial charge in [0.25, 0.3) is 5.69 Å². The Morgan fingerprint density at radius 3 is 2.83 bits per heavy atom. The van der Waals surface area contributed by atoms with E-state index in [-0.39, 0.29) is 11.6 Å². The van der Waals surface area contributed by atoms with Gasteiger partial charge in [-0.1, -0.05) is 6.07 Å². The summed E-state index contributed by atoms with van der Waals surface area (Å²) in [5, 5.41) is 16.6. The molecule has 0 bridgehead atoms. The maximum Gasteiger partial charge on any atom is 0.274 e. The van der Waals surface area contributed by atoms with E-state index in [1.165, 1.54) is 6.07 Å². The number of nitro benzene ring substituents is 1. The summed E-state index contributed by atoms with van der Waals surface area (Å²) in [6, 6.07) is 4.71. The second-order valence-corrected chi connectivity index (χ2v) is 4.53. The van der Waals surface area contributed by atoms with E-state index in [1.807, 2.05) is 0 Å². The third kappa shape index (κ3) is 2.84. The summed E-state index contributed by atoms with van der Waals surface area (Å²) >= 11 is 0. The predicted octanol–water partition coefficient (Wildman–Crippen LogP) is 1.45. The Balaban J connectivity index is 2.02. The summed E-state index contributed by atoms with van der Waals surface area (Å²) in [6.07, 6.45) is 0.453. The molecule has 6 nitrogen and oxygen atoms in total. The zero-order valence-electron chi connectivity index (χ0n) is 10.1. The van der Waals surface area contributed by atoms with E-state index in [1.54, 1.807) is 19.1 Å². The van der Waals surface area contributed by atoms with Crippen molar-refractivity contribution in [3.8, 4) is 0 Å². The van der Waals surface area contributed by atoms with Crippen LogP contribution < -0.4 is 10.6 Å². The van der Waals surface area contributed by atoms with Crippen molar-refractivity contribution in [1.82, 2.24) is 5.32 Å². The number of hydrogen-bond acceptors (Lipinski definition) is 4. The normalized spacial score (nSPS) is 14.9. The van der Waals surface area contributed by atoms with Crippen LogP contribution >= 0.6 is 0 Å². The van der Waals surface area contributed by atoms with Crippen molar-refractivity contribution in [2.75, 3.05) is 18.4 Å². The number of rotatable bonds is 4. The molecule has 0 atom stereocenters. The second-order valence-electron chi connectivity index (χ2n) is 4.53. The summed E-state index contributed by atoms with van der Waals surface area (Å²) in [5.41, 5.74) is 1.09. The minimum Gasteiger partial charge on any atom is -0.326 e. The Labute approximate surface area is 105 Å². The van der Waals surface area contributed by atoms with Crippen LogP contribution in [0.3, 0.4) is 0 Å². The van der Waals surface area contributed by atoms with Crippen LogP contribution in [0.15, 0.2) is 18.2 Å². The van der Waals surface area contributed by atoms with E-state index in [0.717, 1.165) is 13.1 Å². The van der Waals surface area contributed by atoms with Crippen molar-refractivity contribution in [3.05, 3.63) is 33.9 Å². The number of nitrogens with one attached hydrogen (secondary N) is 2. The number of carbonyl (C=O) groups excluding carboxylic acids is 1. The minimum absolute atomic E-state index is 0.0260. The molecule has 1 saturated heterocycles. The van der Waals surface area contributed by atoms with Crippen molar-refractivity contribution in [3.63, 3.8) is 0 Å². The molecule has 1 amide bonds. The van der Waals surface area contributed by atoms with Crippen LogP contribution in [0.4, 0.5) is 11.4 Å². The molecule has 6 heteroatoms. The van der Waals surface area contributed by atoms with E-state index in [4.69, 9.17) is 0 Å². The minimum atomic E-state index is -0.444. The molecule has 0 saturated carbocycles. The lowest BCUT2D eigenvalue weighted by Crippen LogP contribution is -2.43. The molecule has 0 aromatic heterocycles. The van der Waals surface area contributed by atoms with Gasteiger partial charge in [0, 0.05) is 23.7 Å². The molecule has 2 N–H and O–H groups in total. The van der Waals surface area contributed by atoms with Crippen LogP contribution in [0, 0.1) is 23.0 Å². The maximum atomic E-state index is 11.7. The predicted molar refractivity (Wildman–Crippen MR) is 67.4 cm³/mol. The van der Waals surface area contributed by atoms with Gasteiger partial charge >= 0.3 is 0 Å². The molecular weight excluding hydrogens is 234 g/mol. The van der Waals surface area contributed by atoms with E-state index >= 15 is 0 Å². The number of hydrogen-bond donors (Lipinski definition) is 2. The lowest BCUT2D eigenvalue weighted by molar-refractivity contribution is -0.385. The van der Waals surface area contributed by atoms with Crippen LogP contribution in [0.5, 0.6) is 0 Å². The fourth-order valence-electron chi connectivity index (χ4n) is 1.85. The number of aryl methyl sites for hydroxylation is 1. The van der Waals surface area contributed by atoms with Gasteiger partial charge in [-0.15, -0.1) is 0 Å². The van der Waals surface area contributed by atoms with Crippen LogP contribution in [0.25, 0.3) is 0 Å². The molecular formula is C12H15N3O3. The number of amides is 1. The van der Waals surface area contributed by atoms with Gasteiger partial charge in [-0.25, -0.2) is 0 Å². The van der Waals surface area contributed by atoms with E-state index in [9.17, 15) is 14.9 Å². The molecule has 1 aliphatic rings. The first-order valence-corrected chi connectivity index (χ1v) is 5.82. The number of nitro groups is 1. The molecule has 18 heavy (non-hydrogen) atoms. The lowest BCUT2D eigenvalue weighted by Gasteiger charge is -2.26. The molecule has 2 rings (SSSR count). The average Bonchev–Trinajstić information content (AvgIpc) is 2.26. The van der Waals surface area contributed by atoms with Crippen LogP contribution in [0.2, 0.25) is 0 Å². The zero-order chi connectivity index (χ0) is 13.1. The highest BCUT2D eigenvalue weighted by molar-refractivity contribution is 5.91. The molecule has 1 aliphatic heterocycles. The number of nitrogens with zero attached hydrogens (tertiary/aromatic N) is 1. The number of benzene rings is 1. The first-order chi connectivity index (χ1) is 8.56. The third-order valence-electron chi connectivity index (χ3n) is 3.03. The van der Waals surface area contributed by atoms with Gasteiger partial charge in [0.2, 0.25) is 5.91 Å². The van der Waals surface area contributed by atoms with Gasteiger partial charge in [0.05, 0.1) is 4.92 Å². The molecule has 0 aliphatic carbocycles. The first kappa shape index (κ1) is 12.5. The van der Waals surface area contributed by atoms with Crippen molar-refractivity contribution in [2.45, 2.75) is 13.3 Å². The summed E-state index contributed by atoms with van der Waals surface area (Å²) < 4.78 is 0. The zero-order valence-corrected chi connectivity index (χ0v) is 10.1. The molecule has 1 heterocycles. The molecule has 0 spiro atoms.